The van der Waals surface area contributed by atoms with Crippen LogP contribution in [0.3, 0.4) is 0 Å². The van der Waals surface area contributed by atoms with Gasteiger partial charge in [-0.25, -0.2) is 4.39 Å². The number of hydrogen-bond donors (Lipinski definition) is 0. The molecule has 0 saturated heterocycles. The Morgan fingerprint density at radius 3 is 2.58 bits per heavy atom. The number of allylic oxidation sites excluding steroid dienone is 1. The fraction of sp³-hybridized carbons (Fsp3) is 0.0625. The maximum absolute atomic E-state index is 12.9. The van der Waals surface area contributed by atoms with Gasteiger partial charge in [-0.15, -0.1) is 0 Å². The predicted molar refractivity (Wildman–Crippen MR) is 72.9 cm³/mol. The smallest absolute Gasteiger partial charge is 0.123 e. The van der Waals surface area contributed by atoms with E-state index in [0.717, 1.165) is 11.3 Å². The fourth-order valence-electron chi connectivity index (χ4n) is 1.71. The Morgan fingerprint density at radius 1 is 1.21 bits per heavy atom. The molecule has 0 bridgehead atoms. The number of halogens is 1. The summed E-state index contributed by atoms with van der Waals surface area (Å²) in [7, 11) is 1.59. The zero-order valence-electron chi connectivity index (χ0n) is 10.4. The standard InChI is InChI=1S/C16H12FNO/c1-19-16-4-2-3-12(10-16)9-14(11-18)13-5-7-15(17)8-6-13/h2-10H,1H3. The van der Waals surface area contributed by atoms with Crippen LogP contribution in [-0.2, 0) is 0 Å². The number of methoxy groups -OCH3 is 1. The molecule has 0 radical (unpaired) electrons. The number of rotatable bonds is 3. The second-order valence-electron chi connectivity index (χ2n) is 3.95. The van der Waals surface area contributed by atoms with Crippen molar-refractivity contribution in [3.05, 3.63) is 65.5 Å². The molecule has 2 nitrogen and oxygen atoms in total. The molecule has 2 aromatic carbocycles. The fourth-order valence-corrected chi connectivity index (χ4v) is 1.71. The van der Waals surface area contributed by atoms with Crippen molar-refractivity contribution in [3.63, 3.8) is 0 Å². The highest BCUT2D eigenvalue weighted by Gasteiger charge is 2.02. The first-order valence-electron chi connectivity index (χ1n) is 5.75. The first kappa shape index (κ1) is 12.8. The topological polar surface area (TPSA) is 33.0 Å². The molecule has 19 heavy (non-hydrogen) atoms. The average molecular weight is 253 g/mol. The van der Waals surface area contributed by atoms with Gasteiger partial charge in [0.25, 0.3) is 0 Å². The molecule has 0 aliphatic heterocycles. The third-order valence-electron chi connectivity index (χ3n) is 2.68. The summed E-state index contributed by atoms with van der Waals surface area (Å²) in [6, 6.07) is 15.4. The van der Waals surface area contributed by atoms with Gasteiger partial charge in [0.15, 0.2) is 0 Å². The minimum absolute atomic E-state index is 0.317. The lowest BCUT2D eigenvalue weighted by molar-refractivity contribution is 0.414. The SMILES string of the molecule is COc1cccc(C=C(C#N)c2ccc(F)cc2)c1. The molecule has 2 rings (SSSR count). The molecule has 0 amide bonds. The van der Waals surface area contributed by atoms with Crippen LogP contribution >= 0.6 is 0 Å². The third kappa shape index (κ3) is 3.20. The Balaban J connectivity index is 2.38. The van der Waals surface area contributed by atoms with Crippen LogP contribution in [0.2, 0.25) is 0 Å². The molecule has 94 valence electrons. The molecule has 0 spiro atoms. The van der Waals surface area contributed by atoms with Crippen molar-refractivity contribution in [3.8, 4) is 11.8 Å². The highest BCUT2D eigenvalue weighted by molar-refractivity contribution is 5.89. The molecule has 3 heteroatoms. The molecule has 0 saturated carbocycles. The van der Waals surface area contributed by atoms with Gasteiger partial charge in [-0.05, 0) is 41.5 Å². The summed E-state index contributed by atoms with van der Waals surface area (Å²) in [5.41, 5.74) is 2.03. The molecular formula is C16H12FNO. The molecule has 0 aliphatic rings. The molecule has 0 aliphatic carbocycles. The van der Waals surface area contributed by atoms with E-state index in [1.165, 1.54) is 12.1 Å². The van der Waals surface area contributed by atoms with Crippen LogP contribution in [0, 0.1) is 17.1 Å². The van der Waals surface area contributed by atoms with E-state index in [2.05, 4.69) is 6.07 Å². The lowest BCUT2D eigenvalue weighted by Crippen LogP contribution is -1.85. The van der Waals surface area contributed by atoms with Crippen LogP contribution in [0.4, 0.5) is 4.39 Å². The first-order chi connectivity index (χ1) is 9.22. The molecular weight excluding hydrogens is 241 g/mol. The lowest BCUT2D eigenvalue weighted by atomic mass is 10.0. The number of ether oxygens (including phenoxy) is 1. The van der Waals surface area contributed by atoms with E-state index >= 15 is 0 Å². The molecule has 0 heterocycles. The van der Waals surface area contributed by atoms with Gasteiger partial charge in [0, 0.05) is 0 Å². The minimum atomic E-state index is -0.317. The summed E-state index contributed by atoms with van der Waals surface area (Å²) in [6.45, 7) is 0. The van der Waals surface area contributed by atoms with Crippen LogP contribution in [0.25, 0.3) is 11.6 Å². The van der Waals surface area contributed by atoms with Crippen molar-refractivity contribution in [2.45, 2.75) is 0 Å². The third-order valence-corrected chi connectivity index (χ3v) is 2.68. The summed E-state index contributed by atoms with van der Waals surface area (Å²) in [5.74, 6) is 0.410. The summed E-state index contributed by atoms with van der Waals surface area (Å²) < 4.78 is 18.0. The molecule has 0 N–H and O–H groups in total. The molecule has 0 fully saturated rings. The number of nitrogens with zero attached hydrogens (tertiary/aromatic N) is 1. The highest BCUT2D eigenvalue weighted by Crippen LogP contribution is 2.20. The number of nitriles is 1. The van der Waals surface area contributed by atoms with Gasteiger partial charge in [-0.3, -0.25) is 0 Å². The van der Waals surface area contributed by atoms with Crippen molar-refractivity contribution < 1.29 is 9.13 Å². The van der Waals surface area contributed by atoms with Crippen LogP contribution in [0.1, 0.15) is 11.1 Å². The Hall–Kier alpha value is -2.60. The maximum Gasteiger partial charge on any atom is 0.123 e. The van der Waals surface area contributed by atoms with E-state index in [-0.39, 0.29) is 5.82 Å². The van der Waals surface area contributed by atoms with Crippen LogP contribution in [0.5, 0.6) is 5.75 Å². The van der Waals surface area contributed by atoms with E-state index in [1.807, 2.05) is 24.3 Å². The normalized spacial score (nSPS) is 10.9. The molecule has 2 aromatic rings. The van der Waals surface area contributed by atoms with E-state index in [9.17, 15) is 9.65 Å². The largest absolute Gasteiger partial charge is 0.497 e. The number of hydrogen-bond acceptors (Lipinski definition) is 2. The maximum atomic E-state index is 12.9. The first-order valence-corrected chi connectivity index (χ1v) is 5.75. The van der Waals surface area contributed by atoms with Gasteiger partial charge >= 0.3 is 0 Å². The van der Waals surface area contributed by atoms with Gasteiger partial charge < -0.3 is 4.74 Å². The Bertz CT molecular complexity index is 639. The van der Waals surface area contributed by atoms with Gasteiger partial charge in [-0.2, -0.15) is 5.26 Å². The average Bonchev–Trinajstić information content (AvgIpc) is 2.46. The number of benzene rings is 2. The summed E-state index contributed by atoms with van der Waals surface area (Å²) in [5, 5.41) is 9.19. The summed E-state index contributed by atoms with van der Waals surface area (Å²) >= 11 is 0. The second kappa shape index (κ2) is 5.83. The van der Waals surface area contributed by atoms with Gasteiger partial charge in [0.05, 0.1) is 18.8 Å². The molecule has 0 unspecified atom stereocenters. The molecule has 0 aromatic heterocycles. The van der Waals surface area contributed by atoms with E-state index in [1.54, 1.807) is 25.3 Å². The quantitative estimate of drug-likeness (QED) is 0.614. The Kier molecular flexibility index (Phi) is 3.94. The van der Waals surface area contributed by atoms with Crippen LogP contribution < -0.4 is 4.74 Å². The lowest BCUT2D eigenvalue weighted by Gasteiger charge is -2.02. The molecule has 0 atom stereocenters. The Morgan fingerprint density at radius 2 is 1.95 bits per heavy atom. The van der Waals surface area contributed by atoms with E-state index in [0.29, 0.717) is 11.1 Å². The van der Waals surface area contributed by atoms with E-state index in [4.69, 9.17) is 4.74 Å². The van der Waals surface area contributed by atoms with Crippen molar-refractivity contribution in [1.29, 1.82) is 5.26 Å². The van der Waals surface area contributed by atoms with Crippen molar-refractivity contribution in [2.24, 2.45) is 0 Å². The zero-order chi connectivity index (χ0) is 13.7. The monoisotopic (exact) mass is 253 g/mol. The summed E-state index contributed by atoms with van der Waals surface area (Å²) in [6.07, 6.45) is 1.75. The predicted octanol–water partition coefficient (Wildman–Crippen LogP) is 3.90. The summed E-state index contributed by atoms with van der Waals surface area (Å²) in [4.78, 5) is 0. The highest BCUT2D eigenvalue weighted by atomic mass is 19.1. The van der Waals surface area contributed by atoms with Crippen molar-refractivity contribution in [2.75, 3.05) is 7.11 Å². The van der Waals surface area contributed by atoms with Crippen LogP contribution in [-0.4, -0.2) is 7.11 Å². The van der Waals surface area contributed by atoms with Gasteiger partial charge in [-0.1, -0.05) is 24.3 Å². The van der Waals surface area contributed by atoms with Gasteiger partial charge in [0.2, 0.25) is 0 Å². The van der Waals surface area contributed by atoms with Gasteiger partial charge in [0.1, 0.15) is 11.6 Å². The van der Waals surface area contributed by atoms with Crippen LogP contribution in [0.15, 0.2) is 48.5 Å². The Labute approximate surface area is 111 Å². The van der Waals surface area contributed by atoms with Crippen molar-refractivity contribution >= 4 is 11.6 Å². The van der Waals surface area contributed by atoms with E-state index < -0.39 is 0 Å². The minimum Gasteiger partial charge on any atom is -0.497 e. The zero-order valence-corrected chi connectivity index (χ0v) is 10.4. The van der Waals surface area contributed by atoms with Crippen molar-refractivity contribution in [1.82, 2.24) is 0 Å². The second-order valence-corrected chi connectivity index (χ2v) is 3.95.